The maximum atomic E-state index is 14.6. The SMILES string of the molecule is [C-]#[N+]C[C@@H](O)[C@@H]1NC(=O)C([C@H](O)Cc2ccc(O)c(OSOO[O-])c2)NC(=O)C2CC(O)CN2C(=O)C(C(C)O)NC(=O)[C@@H](NC(=O)c2ccc(-c3nnc(-c4ccc(OCCCCCCCOC)cc4)s3)cc2)C[C@H](O)CNC(=O)C2[C@@H](O)C(C)CN2C1=O.[Na+]. The molecule has 4 heterocycles. The summed E-state index contributed by atoms with van der Waals surface area (Å²) in [5, 5.41) is 114. The van der Waals surface area contributed by atoms with Crippen LogP contribution < -0.4 is 70.3 Å². The van der Waals surface area contributed by atoms with E-state index in [4.69, 9.17) is 20.2 Å². The third-order valence-corrected chi connectivity index (χ3v) is 16.7. The Morgan fingerprint density at radius 1 is 0.791 bits per heavy atom. The zero-order valence-corrected chi connectivity index (χ0v) is 53.9. The Kier molecular flexibility index (Phi) is 28.6. The van der Waals surface area contributed by atoms with Crippen molar-refractivity contribution in [2.75, 3.05) is 46.5 Å². The number of nitrogens with one attached hydrogen (secondary N) is 5. The van der Waals surface area contributed by atoms with Crippen LogP contribution in [0.5, 0.6) is 17.2 Å². The first-order chi connectivity index (χ1) is 43.1. The van der Waals surface area contributed by atoms with E-state index in [0.29, 0.717) is 27.9 Å². The molecule has 12 N–H and O–H groups in total. The number of aromatic hydroxyl groups is 1. The van der Waals surface area contributed by atoms with Crippen molar-refractivity contribution < 1.29 is 127 Å². The summed E-state index contributed by atoms with van der Waals surface area (Å²) in [7, 11) is 1.69. The van der Waals surface area contributed by atoms with Crippen LogP contribution in [0.15, 0.2) is 66.7 Å². The molecule has 3 aromatic carbocycles. The number of carbonyl (C=O) groups is 7. The molecule has 0 aliphatic carbocycles. The third-order valence-electron chi connectivity index (χ3n) is 15.4. The number of hydrogen-bond acceptors (Lipinski definition) is 24. The van der Waals surface area contributed by atoms with E-state index >= 15 is 0 Å². The van der Waals surface area contributed by atoms with E-state index in [2.05, 4.69) is 51.0 Å². The first-order valence-electron chi connectivity index (χ1n) is 28.9. The van der Waals surface area contributed by atoms with Crippen LogP contribution in [0.3, 0.4) is 0 Å². The Labute approximate surface area is 553 Å². The predicted molar refractivity (Wildman–Crippen MR) is 316 cm³/mol. The molecule has 488 valence electrons. The second kappa shape index (κ2) is 35.4. The molecule has 4 aromatic rings. The van der Waals surface area contributed by atoms with Gasteiger partial charge in [0.15, 0.2) is 17.6 Å². The van der Waals surface area contributed by atoms with Gasteiger partial charge in [-0.3, -0.25) is 38.6 Å². The van der Waals surface area contributed by atoms with E-state index in [1.54, 1.807) is 19.2 Å². The Morgan fingerprint density at radius 2 is 1.42 bits per heavy atom. The molecule has 0 saturated carbocycles. The van der Waals surface area contributed by atoms with Crippen LogP contribution >= 0.6 is 23.7 Å². The average molecular weight is 1320 g/mol. The number of carbonyl (C=O) groups excluding carboxylic acids is 7. The fraction of sp³-hybridized carbons (Fsp3) is 0.517. The number of benzene rings is 3. The Bertz CT molecular complexity index is 3150. The van der Waals surface area contributed by atoms with E-state index in [9.17, 15) is 74.6 Å². The van der Waals surface area contributed by atoms with Gasteiger partial charge in [0, 0.05) is 75.2 Å². The summed E-state index contributed by atoms with van der Waals surface area (Å²) >= 11 is 1.30. The topological polar surface area (TPSA) is 427 Å². The van der Waals surface area contributed by atoms with Gasteiger partial charge in [-0.1, -0.05) is 55.7 Å². The number of fused-ring (bicyclic) bond motifs is 2. The van der Waals surface area contributed by atoms with Crippen molar-refractivity contribution in [1.82, 2.24) is 46.6 Å². The quantitative estimate of drug-likeness (QED) is 0.00833. The number of nitrogens with zero attached hydrogens (tertiary/aromatic N) is 5. The maximum Gasteiger partial charge on any atom is 1.00 e. The van der Waals surface area contributed by atoms with Crippen LogP contribution in [0, 0.1) is 12.5 Å². The Hall–Kier alpha value is -6.65. The molecular formula is C58H73N10NaO20S2. The van der Waals surface area contributed by atoms with E-state index in [-0.39, 0.29) is 65.3 Å². The van der Waals surface area contributed by atoms with Gasteiger partial charge in [-0.05, 0) is 73.9 Å². The molecule has 1 aromatic heterocycles. The minimum absolute atomic E-state index is 0. The fourth-order valence-electron chi connectivity index (χ4n) is 10.5. The molecule has 3 fully saturated rings. The van der Waals surface area contributed by atoms with Crippen molar-refractivity contribution in [3.05, 3.63) is 89.3 Å². The minimum atomic E-state index is -2.16. The number of β-amino-alcohol motifs (C(OH)–C–C–N with tert-alkyl or cyclic N) is 1. The normalized spacial score (nSPS) is 24.6. The van der Waals surface area contributed by atoms with Gasteiger partial charge in [0.25, 0.3) is 18.2 Å². The summed E-state index contributed by atoms with van der Waals surface area (Å²) in [6, 6.07) is 5.55. The minimum Gasteiger partial charge on any atom is -0.691 e. The molecule has 91 heavy (non-hydrogen) atoms. The number of ether oxygens (including phenoxy) is 2. The monoisotopic (exact) mass is 1320 g/mol. The number of aromatic nitrogens is 2. The third kappa shape index (κ3) is 19.9. The number of hydrogen-bond donors (Lipinski definition) is 12. The molecule has 30 nitrogen and oxygen atoms in total. The summed E-state index contributed by atoms with van der Waals surface area (Å²) in [6.07, 6.45) is -7.14. The van der Waals surface area contributed by atoms with E-state index in [1.807, 2.05) is 24.3 Å². The fourth-order valence-corrected chi connectivity index (χ4v) is 11.6. The zero-order chi connectivity index (χ0) is 65.2. The molecule has 0 radical (unpaired) electrons. The molecule has 3 aliphatic rings. The van der Waals surface area contributed by atoms with Gasteiger partial charge in [0.05, 0.1) is 37.1 Å². The molecule has 7 rings (SSSR count). The molecule has 0 bridgehead atoms. The van der Waals surface area contributed by atoms with Crippen LogP contribution in [0.25, 0.3) is 26.0 Å². The van der Waals surface area contributed by atoms with Crippen molar-refractivity contribution in [3.63, 3.8) is 0 Å². The summed E-state index contributed by atoms with van der Waals surface area (Å²) < 4.78 is 20.2. The van der Waals surface area contributed by atoms with Crippen molar-refractivity contribution >= 4 is 65.0 Å². The number of phenols is 1. The largest absolute Gasteiger partial charge is 1.00 e. The van der Waals surface area contributed by atoms with Crippen molar-refractivity contribution in [1.29, 1.82) is 0 Å². The molecule has 3 saturated heterocycles. The van der Waals surface area contributed by atoms with Gasteiger partial charge in [-0.2, -0.15) is 0 Å². The van der Waals surface area contributed by atoms with Gasteiger partial charge >= 0.3 is 29.6 Å². The number of rotatable bonds is 23. The number of aliphatic hydroxyl groups is 6. The zero-order valence-electron chi connectivity index (χ0n) is 50.2. The van der Waals surface area contributed by atoms with Gasteiger partial charge in [0.1, 0.15) is 52.0 Å². The molecule has 3 aliphatic heterocycles. The summed E-state index contributed by atoms with van der Waals surface area (Å²) in [4.78, 5) is 106. The van der Waals surface area contributed by atoms with Gasteiger partial charge in [-0.15, -0.1) is 14.5 Å². The molecule has 33 heteroatoms. The second-order valence-electron chi connectivity index (χ2n) is 22.1. The van der Waals surface area contributed by atoms with Crippen molar-refractivity contribution in [3.8, 4) is 38.4 Å². The van der Waals surface area contributed by atoms with Gasteiger partial charge < -0.3 is 95.9 Å². The first kappa shape index (κ1) is 73.4. The van der Waals surface area contributed by atoms with Crippen molar-refractivity contribution in [2.24, 2.45) is 5.92 Å². The Balaban J connectivity index is 0.0000132. The number of unbranched alkanes of at least 4 members (excludes halogenated alkanes) is 4. The van der Waals surface area contributed by atoms with Crippen LogP contribution in [-0.2, 0) is 49.3 Å². The van der Waals surface area contributed by atoms with E-state index < -0.39 is 165 Å². The van der Waals surface area contributed by atoms with Gasteiger partial charge in [-0.25, -0.2) is 6.57 Å². The van der Waals surface area contributed by atoms with Crippen LogP contribution in [-0.4, -0.2) is 216 Å². The van der Waals surface area contributed by atoms with E-state index in [1.165, 1.54) is 36.5 Å². The number of phenolic OH excluding ortho intramolecular Hbond substituents is 1. The van der Waals surface area contributed by atoms with Crippen LogP contribution in [0.1, 0.15) is 74.7 Å². The summed E-state index contributed by atoms with van der Waals surface area (Å²) in [6.45, 7) is 8.94. The first-order valence-corrected chi connectivity index (χ1v) is 30.4. The Morgan fingerprint density at radius 3 is 2.07 bits per heavy atom. The van der Waals surface area contributed by atoms with Crippen LogP contribution in [0.2, 0.25) is 0 Å². The van der Waals surface area contributed by atoms with Gasteiger partial charge in [0.2, 0.25) is 42.0 Å². The number of methoxy groups -OCH3 is 1. The average Bonchev–Trinajstić information content (AvgIpc) is 2.88. The van der Waals surface area contributed by atoms with Crippen LogP contribution in [0.4, 0.5) is 0 Å². The molecular weight excluding hydrogens is 1240 g/mol. The summed E-state index contributed by atoms with van der Waals surface area (Å²) in [5.74, 6) is -9.01. The molecule has 0 spiro atoms. The standard InChI is InChI=1S/C58H74N10O20S2.Na/c1-30-28-68-48(49(30)75)54(80)60-26-36(70)24-39(61-50(76)33-11-13-34(14-12-33)55-65-66-56(89-55)35-15-17-38(18-16-35)85-21-9-7-5-6-8-20-84-4)51(77)62-45(31(2)69)57(81)67-29-37(71)25-40(67)52(78)63-46(53(79)64-47(58(68)82)43(74)27-59-3)42(73)22-32-10-19-41(72)44(23-32)86-90-88-87-83;/h10-19,23,30-31,36-37,39-40,42-43,45-49,69-75,83H,5-9,20-22,24-29H2,1-2,4H3,(H,60,80)(H,61,76)(H,62,77)(H,63,78)(H,64,79);/q;+1/p-1/t30?,31?,36-,37?,39-,40?,42+,43+,45?,46?,47-,48?,49-;/m0./s1. The van der Waals surface area contributed by atoms with Crippen molar-refractivity contribution in [2.45, 2.75) is 138 Å². The molecule has 13 atom stereocenters. The van der Waals surface area contributed by atoms with E-state index in [0.717, 1.165) is 73.1 Å². The maximum absolute atomic E-state index is 14.6. The number of amides is 7. The molecule has 7 amide bonds. The predicted octanol–water partition coefficient (Wildman–Crippen LogP) is -4.41. The smallest absolute Gasteiger partial charge is 0.691 e. The number of aliphatic hydroxyl groups excluding tert-OH is 6. The molecule has 7 unspecified atom stereocenters. The second-order valence-corrected chi connectivity index (χ2v) is 23.5. The summed E-state index contributed by atoms with van der Waals surface area (Å²) in [5.41, 5.74) is 1.48.